The number of aryl methyl sites for hydroxylation is 1. The first-order valence-corrected chi connectivity index (χ1v) is 13.9. The van der Waals surface area contributed by atoms with Gasteiger partial charge in [-0.2, -0.15) is 0 Å². The number of rotatable bonds is 7. The lowest BCUT2D eigenvalue weighted by Gasteiger charge is -2.32. The maximum Gasteiger partial charge on any atom is 0.0159 e. The summed E-state index contributed by atoms with van der Waals surface area (Å²) >= 11 is 0. The smallest absolute Gasteiger partial charge is 0.0159 e. The molecular formula is C38H44. The molecule has 1 unspecified atom stereocenters. The Bertz CT molecular complexity index is 1310. The third-order valence-electron chi connectivity index (χ3n) is 7.22. The maximum atomic E-state index is 3.95. The quantitative estimate of drug-likeness (QED) is 0.332. The van der Waals surface area contributed by atoms with Gasteiger partial charge in [0.2, 0.25) is 0 Å². The van der Waals surface area contributed by atoms with Crippen molar-refractivity contribution in [2.75, 3.05) is 0 Å². The number of allylic oxidation sites excluding steroid dienone is 15. The van der Waals surface area contributed by atoms with E-state index in [1.54, 1.807) is 0 Å². The highest BCUT2D eigenvalue weighted by atomic mass is 14.3. The lowest BCUT2D eigenvalue weighted by molar-refractivity contribution is 0.632. The normalized spacial score (nSPS) is 23.0. The fourth-order valence-electron chi connectivity index (χ4n) is 5.36. The van der Waals surface area contributed by atoms with Gasteiger partial charge >= 0.3 is 0 Å². The van der Waals surface area contributed by atoms with E-state index in [2.05, 4.69) is 157 Å². The first-order valence-electron chi connectivity index (χ1n) is 13.9. The molecule has 0 nitrogen and oxygen atoms in total. The molecule has 0 heteroatoms. The number of benzene rings is 2. The van der Waals surface area contributed by atoms with Crippen molar-refractivity contribution < 1.29 is 0 Å². The third kappa shape index (κ3) is 7.45. The molecule has 0 spiro atoms. The molecule has 0 aromatic heterocycles. The summed E-state index contributed by atoms with van der Waals surface area (Å²) in [6.45, 7) is 17.4. The fourth-order valence-corrected chi connectivity index (χ4v) is 5.36. The van der Waals surface area contributed by atoms with Crippen LogP contribution >= 0.6 is 0 Å². The molecule has 0 amide bonds. The zero-order chi connectivity index (χ0) is 27.5. The van der Waals surface area contributed by atoms with Crippen molar-refractivity contribution >= 4 is 5.57 Å². The molecule has 0 aliphatic heterocycles. The zero-order valence-corrected chi connectivity index (χ0v) is 24.1. The van der Waals surface area contributed by atoms with Crippen molar-refractivity contribution in [2.24, 2.45) is 11.8 Å². The van der Waals surface area contributed by atoms with Crippen LogP contribution in [0.2, 0.25) is 0 Å². The summed E-state index contributed by atoms with van der Waals surface area (Å²) in [6, 6.07) is 17.8. The van der Waals surface area contributed by atoms with E-state index in [1.165, 1.54) is 44.5 Å². The van der Waals surface area contributed by atoms with Crippen molar-refractivity contribution in [1.82, 2.24) is 0 Å². The molecule has 0 fully saturated rings. The van der Waals surface area contributed by atoms with E-state index in [-0.39, 0.29) is 11.8 Å². The Labute approximate surface area is 231 Å². The lowest BCUT2D eigenvalue weighted by atomic mass is 9.71. The highest BCUT2D eigenvalue weighted by Crippen LogP contribution is 2.44. The molecule has 2 aromatic carbocycles. The first-order chi connectivity index (χ1) is 18.4. The topological polar surface area (TPSA) is 0 Å². The molecule has 2 aromatic rings. The second-order valence-electron chi connectivity index (χ2n) is 10.5. The van der Waals surface area contributed by atoms with Gasteiger partial charge in [0.25, 0.3) is 0 Å². The van der Waals surface area contributed by atoms with Gasteiger partial charge in [0.1, 0.15) is 0 Å². The molecule has 0 heterocycles. The third-order valence-corrected chi connectivity index (χ3v) is 7.22. The number of fused-ring (bicyclic) bond motifs is 1. The molecular weight excluding hydrogens is 456 g/mol. The van der Waals surface area contributed by atoms with E-state index in [1.807, 2.05) is 6.08 Å². The van der Waals surface area contributed by atoms with Crippen molar-refractivity contribution in [2.45, 2.75) is 53.9 Å². The molecule has 0 N–H and O–H groups in total. The molecule has 38 heavy (non-hydrogen) atoms. The van der Waals surface area contributed by atoms with Crippen LogP contribution < -0.4 is 0 Å². The molecule has 1 aliphatic carbocycles. The molecule has 0 bridgehead atoms. The van der Waals surface area contributed by atoms with Crippen LogP contribution in [-0.4, -0.2) is 0 Å². The van der Waals surface area contributed by atoms with Gasteiger partial charge < -0.3 is 0 Å². The minimum absolute atomic E-state index is 0.183. The molecule has 0 saturated carbocycles. The first kappa shape index (κ1) is 28.9. The second kappa shape index (κ2) is 14.3. The highest BCUT2D eigenvalue weighted by Gasteiger charge is 2.29. The average Bonchev–Trinajstić information content (AvgIpc) is 2.90. The number of hydrogen-bond donors (Lipinski definition) is 0. The van der Waals surface area contributed by atoms with Crippen molar-refractivity contribution in [3.05, 3.63) is 161 Å². The molecule has 1 aliphatic rings. The van der Waals surface area contributed by atoms with E-state index in [4.69, 9.17) is 0 Å². The number of hydrogen-bond acceptors (Lipinski definition) is 0. The van der Waals surface area contributed by atoms with Crippen molar-refractivity contribution in [1.29, 1.82) is 0 Å². The Morgan fingerprint density at radius 2 is 1.68 bits per heavy atom. The van der Waals surface area contributed by atoms with Gasteiger partial charge in [0.15, 0.2) is 0 Å². The van der Waals surface area contributed by atoms with Crippen LogP contribution in [0.3, 0.4) is 0 Å². The summed E-state index contributed by atoms with van der Waals surface area (Å²) in [6.07, 6.45) is 25.0. The Kier molecular flexibility index (Phi) is 10.9. The predicted octanol–water partition coefficient (Wildman–Crippen LogP) is 10.7. The van der Waals surface area contributed by atoms with E-state index in [0.29, 0.717) is 5.92 Å². The molecule has 0 saturated heterocycles. The van der Waals surface area contributed by atoms with Gasteiger partial charge in [0.05, 0.1) is 0 Å². The largest absolute Gasteiger partial charge is 0.0991 e. The van der Waals surface area contributed by atoms with Crippen molar-refractivity contribution in [3.8, 4) is 0 Å². The maximum absolute atomic E-state index is 3.95. The zero-order valence-electron chi connectivity index (χ0n) is 24.1. The molecule has 2 atom stereocenters. The summed E-state index contributed by atoms with van der Waals surface area (Å²) in [5.74, 6) is 0.958. The summed E-state index contributed by atoms with van der Waals surface area (Å²) in [5.41, 5.74) is 10.7. The summed E-state index contributed by atoms with van der Waals surface area (Å²) < 4.78 is 0. The van der Waals surface area contributed by atoms with Crippen LogP contribution in [0.25, 0.3) is 5.57 Å². The van der Waals surface area contributed by atoms with Gasteiger partial charge in [0, 0.05) is 5.92 Å². The van der Waals surface area contributed by atoms with Crippen LogP contribution in [-0.2, 0) is 6.42 Å². The van der Waals surface area contributed by atoms with Gasteiger partial charge in [-0.1, -0.05) is 143 Å². The Hall–Kier alpha value is -3.64. The highest BCUT2D eigenvalue weighted by molar-refractivity contribution is 5.76. The summed E-state index contributed by atoms with van der Waals surface area (Å²) in [7, 11) is 0. The van der Waals surface area contributed by atoms with Gasteiger partial charge in [-0.15, -0.1) is 0 Å². The van der Waals surface area contributed by atoms with E-state index < -0.39 is 0 Å². The van der Waals surface area contributed by atoms with Crippen LogP contribution in [0.5, 0.6) is 0 Å². The average molecular weight is 501 g/mol. The fraction of sp³-hybridized carbons (Fsp3) is 0.263. The van der Waals surface area contributed by atoms with Gasteiger partial charge in [-0.3, -0.25) is 0 Å². The SMILES string of the molecule is C=C/C=C/C(=C\C=C/C)C1c2ccccc2CC(=C\C=C/C(C)C)/C=C\C(C)=C(\c2ccccc2C)[C@@H]1C. The molecule has 3 rings (SSSR count). The van der Waals surface area contributed by atoms with E-state index in [9.17, 15) is 0 Å². The summed E-state index contributed by atoms with van der Waals surface area (Å²) in [4.78, 5) is 0. The van der Waals surface area contributed by atoms with E-state index in [0.717, 1.165) is 6.42 Å². The predicted molar refractivity (Wildman–Crippen MR) is 169 cm³/mol. The van der Waals surface area contributed by atoms with Gasteiger partial charge in [-0.25, -0.2) is 0 Å². The monoisotopic (exact) mass is 500 g/mol. The van der Waals surface area contributed by atoms with Crippen LogP contribution in [0.1, 0.15) is 62.8 Å². The minimum atomic E-state index is 0.183. The Balaban J connectivity index is 2.39. The van der Waals surface area contributed by atoms with E-state index >= 15 is 0 Å². The second-order valence-corrected chi connectivity index (χ2v) is 10.5. The standard InChI is InChI=1S/C38H44/c1-8-10-20-33(21-11-9-2)38-31(7)37(35-23-14-12-18-29(35)5)30(6)25-26-32(19-16-17-28(3)4)27-34-22-13-15-24-36(34)38/h8-26,28,31,38H,1,27H2,2-7H3/b11-9-,17-16-,20-10+,26-25-,32-19-,33-21+,37-30+/t31-,38?/m0/s1. The Morgan fingerprint density at radius 3 is 2.39 bits per heavy atom. The Morgan fingerprint density at radius 1 is 0.947 bits per heavy atom. The van der Waals surface area contributed by atoms with Crippen LogP contribution in [0, 0.1) is 18.8 Å². The molecule has 196 valence electrons. The van der Waals surface area contributed by atoms with Crippen molar-refractivity contribution in [3.63, 3.8) is 0 Å². The van der Waals surface area contributed by atoms with Crippen LogP contribution in [0.15, 0.2) is 139 Å². The molecule has 0 radical (unpaired) electrons. The minimum Gasteiger partial charge on any atom is -0.0991 e. The van der Waals surface area contributed by atoms with Crippen LogP contribution in [0.4, 0.5) is 0 Å². The summed E-state index contributed by atoms with van der Waals surface area (Å²) in [5, 5.41) is 0. The van der Waals surface area contributed by atoms with Gasteiger partial charge in [-0.05, 0) is 83.6 Å². The lowest BCUT2D eigenvalue weighted by Crippen LogP contribution is -2.18.